The van der Waals surface area contributed by atoms with Crippen LogP contribution in [0, 0.1) is 0 Å². The second kappa shape index (κ2) is 5.74. The highest BCUT2D eigenvalue weighted by atomic mass is 16.5. The lowest BCUT2D eigenvalue weighted by molar-refractivity contribution is 0.0664. The van der Waals surface area contributed by atoms with Crippen LogP contribution < -0.4 is 14.8 Å². The van der Waals surface area contributed by atoms with Gasteiger partial charge in [0, 0.05) is 23.4 Å². The van der Waals surface area contributed by atoms with Crippen LogP contribution in [-0.4, -0.2) is 31.1 Å². The third-order valence-corrected chi connectivity index (χ3v) is 4.64. The van der Waals surface area contributed by atoms with Crippen molar-refractivity contribution >= 4 is 11.6 Å². The molecule has 1 amide bonds. The van der Waals surface area contributed by atoms with Crippen molar-refractivity contribution in [2.45, 2.75) is 25.0 Å². The maximum absolute atomic E-state index is 13.0. The molecule has 1 atom stereocenters. The predicted octanol–water partition coefficient (Wildman–Crippen LogP) is 3.43. The number of amides is 1. The van der Waals surface area contributed by atoms with Crippen molar-refractivity contribution in [1.29, 1.82) is 0 Å². The zero-order valence-corrected chi connectivity index (χ0v) is 13.8. The van der Waals surface area contributed by atoms with Gasteiger partial charge in [-0.2, -0.15) is 0 Å². The van der Waals surface area contributed by atoms with Crippen LogP contribution in [0.15, 0.2) is 42.5 Å². The van der Waals surface area contributed by atoms with E-state index in [9.17, 15) is 4.79 Å². The first-order valence-electron chi connectivity index (χ1n) is 8.13. The molecule has 0 radical (unpaired) electrons. The molecule has 124 valence electrons. The molecule has 5 heteroatoms. The molecule has 0 aromatic heterocycles. The summed E-state index contributed by atoms with van der Waals surface area (Å²) in [6, 6.07) is 13.7. The van der Waals surface area contributed by atoms with Gasteiger partial charge in [-0.05, 0) is 37.1 Å². The zero-order chi connectivity index (χ0) is 16.7. The zero-order valence-electron chi connectivity index (χ0n) is 13.8. The van der Waals surface area contributed by atoms with Crippen molar-refractivity contribution in [3.8, 4) is 11.5 Å². The summed E-state index contributed by atoms with van der Waals surface area (Å²) in [7, 11) is 3.27. The van der Waals surface area contributed by atoms with Gasteiger partial charge in [0.1, 0.15) is 17.7 Å². The van der Waals surface area contributed by atoms with Crippen LogP contribution in [-0.2, 0) is 0 Å². The van der Waals surface area contributed by atoms with Crippen molar-refractivity contribution in [2.75, 3.05) is 19.5 Å². The number of anilines is 1. The number of carbonyl (C=O) groups is 1. The van der Waals surface area contributed by atoms with Gasteiger partial charge in [-0.15, -0.1) is 0 Å². The van der Waals surface area contributed by atoms with Gasteiger partial charge in [-0.25, -0.2) is 0 Å². The average molecular weight is 324 g/mol. The largest absolute Gasteiger partial charge is 0.497 e. The van der Waals surface area contributed by atoms with E-state index in [1.807, 2.05) is 47.4 Å². The highest BCUT2D eigenvalue weighted by Gasteiger charge is 2.42. The van der Waals surface area contributed by atoms with E-state index in [2.05, 4.69) is 5.32 Å². The Labute approximate surface area is 141 Å². The van der Waals surface area contributed by atoms with Gasteiger partial charge in [0.05, 0.1) is 19.8 Å². The molecule has 2 aliphatic rings. The standard InChI is InChI=1S/C19H20N2O3/c1-23-13-9-10-15(17(11-13)24-2)18-20-16-6-4-3-5-14(16)19(22)21(18)12-7-8-12/h3-6,9-12,18,20H,7-8H2,1-2H3. The first-order valence-corrected chi connectivity index (χ1v) is 8.13. The first kappa shape index (κ1) is 14.9. The number of ether oxygens (including phenoxy) is 2. The highest BCUT2D eigenvalue weighted by molar-refractivity contribution is 6.02. The second-order valence-corrected chi connectivity index (χ2v) is 6.14. The third kappa shape index (κ3) is 2.37. The Kier molecular flexibility index (Phi) is 3.56. The summed E-state index contributed by atoms with van der Waals surface area (Å²) in [6.45, 7) is 0. The summed E-state index contributed by atoms with van der Waals surface area (Å²) < 4.78 is 10.8. The minimum atomic E-state index is -0.235. The summed E-state index contributed by atoms with van der Waals surface area (Å²) in [4.78, 5) is 15.0. The molecular formula is C19H20N2O3. The smallest absolute Gasteiger partial charge is 0.258 e. The third-order valence-electron chi connectivity index (χ3n) is 4.64. The SMILES string of the molecule is COc1ccc(C2Nc3ccccc3C(=O)N2C2CC2)c(OC)c1. The number of methoxy groups -OCH3 is 2. The molecule has 1 unspecified atom stereocenters. The second-order valence-electron chi connectivity index (χ2n) is 6.14. The number of rotatable bonds is 4. The normalized spacial score (nSPS) is 19.5. The maximum Gasteiger partial charge on any atom is 0.258 e. The summed E-state index contributed by atoms with van der Waals surface area (Å²) in [5, 5.41) is 3.51. The van der Waals surface area contributed by atoms with Crippen molar-refractivity contribution in [3.63, 3.8) is 0 Å². The van der Waals surface area contributed by atoms with Crippen LogP contribution in [0.25, 0.3) is 0 Å². The Balaban J connectivity index is 1.80. The van der Waals surface area contributed by atoms with Crippen LogP contribution in [0.1, 0.15) is 34.9 Å². The van der Waals surface area contributed by atoms with Crippen LogP contribution in [0.2, 0.25) is 0 Å². The fraction of sp³-hybridized carbons (Fsp3) is 0.316. The molecule has 2 aromatic carbocycles. The lowest BCUT2D eigenvalue weighted by atomic mass is 10.0. The Morgan fingerprint density at radius 3 is 2.58 bits per heavy atom. The highest BCUT2D eigenvalue weighted by Crippen LogP contribution is 2.43. The molecule has 1 heterocycles. The summed E-state index contributed by atoms with van der Waals surface area (Å²) >= 11 is 0. The van der Waals surface area contributed by atoms with E-state index in [0.717, 1.165) is 35.4 Å². The Morgan fingerprint density at radius 1 is 1.08 bits per heavy atom. The number of benzene rings is 2. The number of fused-ring (bicyclic) bond motifs is 1. The molecule has 1 N–H and O–H groups in total. The number of carbonyl (C=O) groups excluding carboxylic acids is 1. The van der Waals surface area contributed by atoms with Gasteiger partial charge in [0.15, 0.2) is 0 Å². The molecule has 1 aliphatic heterocycles. The molecule has 2 aromatic rings. The molecule has 4 rings (SSSR count). The van der Waals surface area contributed by atoms with E-state index < -0.39 is 0 Å². The molecule has 1 fully saturated rings. The van der Waals surface area contributed by atoms with Gasteiger partial charge in [-0.3, -0.25) is 4.79 Å². The summed E-state index contributed by atoms with van der Waals surface area (Å²) in [5.41, 5.74) is 2.53. The molecule has 1 aliphatic carbocycles. The van der Waals surface area contributed by atoms with Crippen LogP contribution in [0.5, 0.6) is 11.5 Å². The molecule has 5 nitrogen and oxygen atoms in total. The number of para-hydroxylation sites is 1. The molecule has 1 saturated carbocycles. The summed E-state index contributed by atoms with van der Waals surface area (Å²) in [5.74, 6) is 1.52. The number of hydrogen-bond donors (Lipinski definition) is 1. The topological polar surface area (TPSA) is 50.8 Å². The van der Waals surface area contributed by atoms with Crippen LogP contribution in [0.4, 0.5) is 5.69 Å². The Hall–Kier alpha value is -2.69. The van der Waals surface area contributed by atoms with Gasteiger partial charge < -0.3 is 19.7 Å². The number of nitrogens with zero attached hydrogens (tertiary/aromatic N) is 1. The Morgan fingerprint density at radius 2 is 1.88 bits per heavy atom. The van der Waals surface area contributed by atoms with E-state index >= 15 is 0 Å². The van der Waals surface area contributed by atoms with Crippen LogP contribution >= 0.6 is 0 Å². The fourth-order valence-electron chi connectivity index (χ4n) is 3.27. The average Bonchev–Trinajstić information content (AvgIpc) is 3.46. The van der Waals surface area contributed by atoms with E-state index in [1.54, 1.807) is 14.2 Å². The van der Waals surface area contributed by atoms with Crippen molar-refractivity contribution in [1.82, 2.24) is 4.90 Å². The molecule has 0 saturated heterocycles. The maximum atomic E-state index is 13.0. The van der Waals surface area contributed by atoms with E-state index in [-0.39, 0.29) is 18.1 Å². The minimum absolute atomic E-state index is 0.0784. The Bertz CT molecular complexity index is 786. The molecule has 24 heavy (non-hydrogen) atoms. The van der Waals surface area contributed by atoms with E-state index in [1.165, 1.54) is 0 Å². The van der Waals surface area contributed by atoms with Crippen LogP contribution in [0.3, 0.4) is 0 Å². The van der Waals surface area contributed by atoms with Crippen molar-refractivity contribution in [2.24, 2.45) is 0 Å². The molecule has 0 spiro atoms. The van der Waals surface area contributed by atoms with Gasteiger partial charge in [-0.1, -0.05) is 12.1 Å². The van der Waals surface area contributed by atoms with Crippen molar-refractivity contribution < 1.29 is 14.3 Å². The van der Waals surface area contributed by atoms with Gasteiger partial charge in [0.2, 0.25) is 0 Å². The number of hydrogen-bond acceptors (Lipinski definition) is 4. The van der Waals surface area contributed by atoms with Gasteiger partial charge >= 0.3 is 0 Å². The minimum Gasteiger partial charge on any atom is -0.497 e. The lowest BCUT2D eigenvalue weighted by Crippen LogP contribution is -2.44. The first-order chi connectivity index (χ1) is 11.7. The van der Waals surface area contributed by atoms with Crippen molar-refractivity contribution in [3.05, 3.63) is 53.6 Å². The monoisotopic (exact) mass is 324 g/mol. The lowest BCUT2D eigenvalue weighted by Gasteiger charge is -2.38. The fourth-order valence-corrected chi connectivity index (χ4v) is 3.27. The quantitative estimate of drug-likeness (QED) is 0.936. The number of nitrogens with one attached hydrogen (secondary N) is 1. The van der Waals surface area contributed by atoms with Gasteiger partial charge in [0.25, 0.3) is 5.91 Å². The predicted molar refractivity (Wildman–Crippen MR) is 91.5 cm³/mol. The summed E-state index contributed by atoms with van der Waals surface area (Å²) in [6.07, 6.45) is 1.86. The van der Waals surface area contributed by atoms with E-state index in [4.69, 9.17) is 9.47 Å². The van der Waals surface area contributed by atoms with E-state index in [0.29, 0.717) is 5.75 Å². The molecule has 0 bridgehead atoms. The molecular weight excluding hydrogens is 304 g/mol.